The Kier molecular flexibility index (Phi) is 4.83. The van der Waals surface area contributed by atoms with Gasteiger partial charge in [-0.1, -0.05) is 6.92 Å². The molecule has 1 fully saturated rings. The smallest absolute Gasteiger partial charge is 0.330 e. The number of nitrogens with zero attached hydrogens (tertiary/aromatic N) is 1. The number of nitrogens with one attached hydrogen (secondary N) is 1. The summed E-state index contributed by atoms with van der Waals surface area (Å²) in [7, 11) is -3.70. The summed E-state index contributed by atoms with van der Waals surface area (Å²) in [6.45, 7) is 1.28. The topological polar surface area (TPSA) is 107 Å². The Morgan fingerprint density at radius 1 is 1.50 bits per heavy atom. The zero-order valence-electron chi connectivity index (χ0n) is 12.1. The van der Waals surface area contributed by atoms with Crippen molar-refractivity contribution in [1.82, 2.24) is 9.55 Å². The molecule has 0 spiro atoms. The zero-order chi connectivity index (χ0) is 16.5. The fourth-order valence-corrected chi connectivity index (χ4v) is 2.57. The maximum atomic E-state index is 13.9. The van der Waals surface area contributed by atoms with Crippen LogP contribution in [0, 0.1) is 0 Å². The van der Waals surface area contributed by atoms with Crippen LogP contribution in [0.5, 0.6) is 0 Å². The van der Waals surface area contributed by atoms with E-state index in [-0.39, 0.29) is 6.42 Å². The van der Waals surface area contributed by atoms with E-state index in [2.05, 4.69) is 9.17 Å². The molecule has 0 radical (unpaired) electrons. The molecule has 10 heteroatoms. The van der Waals surface area contributed by atoms with Crippen molar-refractivity contribution >= 4 is 10.1 Å². The molecule has 0 aliphatic carbocycles. The van der Waals surface area contributed by atoms with Crippen molar-refractivity contribution in [2.75, 3.05) is 12.9 Å². The second kappa shape index (κ2) is 6.31. The van der Waals surface area contributed by atoms with Crippen molar-refractivity contribution < 1.29 is 21.7 Å². The van der Waals surface area contributed by atoms with Crippen LogP contribution < -0.4 is 11.2 Å². The Hall–Kier alpha value is -1.52. The number of H-pyrrole nitrogens is 1. The molecule has 0 saturated carbocycles. The molecule has 0 unspecified atom stereocenters. The average Bonchev–Trinajstić information content (AvgIpc) is 2.77. The number of aromatic amines is 1. The van der Waals surface area contributed by atoms with Crippen LogP contribution in [0.1, 0.15) is 25.1 Å². The van der Waals surface area contributed by atoms with Crippen LogP contribution in [-0.2, 0) is 25.5 Å². The van der Waals surface area contributed by atoms with Gasteiger partial charge in [0.2, 0.25) is 0 Å². The van der Waals surface area contributed by atoms with Gasteiger partial charge in [-0.05, 0) is 6.42 Å². The van der Waals surface area contributed by atoms with Crippen LogP contribution >= 0.6 is 0 Å². The van der Waals surface area contributed by atoms with E-state index >= 15 is 0 Å². The lowest BCUT2D eigenvalue weighted by molar-refractivity contribution is -0.0296. The summed E-state index contributed by atoms with van der Waals surface area (Å²) >= 11 is 0. The highest BCUT2D eigenvalue weighted by atomic mass is 32.2. The van der Waals surface area contributed by atoms with Gasteiger partial charge in [0, 0.05) is 18.2 Å². The molecule has 0 aromatic carbocycles. The van der Waals surface area contributed by atoms with Gasteiger partial charge in [0.25, 0.3) is 15.7 Å². The summed E-state index contributed by atoms with van der Waals surface area (Å²) < 4.78 is 46.7. The van der Waals surface area contributed by atoms with E-state index in [0.717, 1.165) is 10.8 Å². The Labute approximate surface area is 126 Å². The Bertz CT molecular complexity index is 756. The van der Waals surface area contributed by atoms with Gasteiger partial charge in [-0.2, -0.15) is 8.42 Å². The Morgan fingerprint density at radius 2 is 2.18 bits per heavy atom. The van der Waals surface area contributed by atoms with Crippen molar-refractivity contribution in [2.45, 2.75) is 38.3 Å². The molecule has 124 valence electrons. The molecule has 0 amide bonds. The molecule has 22 heavy (non-hydrogen) atoms. The Balaban J connectivity index is 2.18. The molecular weight excluding hydrogens is 319 g/mol. The summed E-state index contributed by atoms with van der Waals surface area (Å²) in [5.74, 6) is 0. The minimum atomic E-state index is -3.70. The SMILES string of the molecule is CCc1cn([C@H]2C[C@H](F)[C@@H](COS(C)(=O)=O)O2)c(=O)[nH]c1=O. The highest BCUT2D eigenvalue weighted by molar-refractivity contribution is 7.85. The predicted octanol–water partition coefficient (Wildman–Crippen LogP) is -0.299. The molecule has 2 heterocycles. The van der Waals surface area contributed by atoms with E-state index in [1.165, 1.54) is 6.20 Å². The van der Waals surface area contributed by atoms with Gasteiger partial charge in [0.05, 0.1) is 12.9 Å². The number of alkyl halides is 1. The first-order chi connectivity index (χ1) is 10.2. The first kappa shape index (κ1) is 16.8. The predicted molar refractivity (Wildman–Crippen MR) is 74.9 cm³/mol. The van der Waals surface area contributed by atoms with Crippen molar-refractivity contribution in [3.05, 3.63) is 32.6 Å². The molecule has 8 nitrogen and oxygen atoms in total. The lowest BCUT2D eigenvalue weighted by atomic mass is 10.2. The highest BCUT2D eigenvalue weighted by Crippen LogP contribution is 2.30. The number of ether oxygens (including phenoxy) is 1. The van der Waals surface area contributed by atoms with Crippen molar-refractivity contribution in [1.29, 1.82) is 0 Å². The first-order valence-corrected chi connectivity index (χ1v) is 8.51. The van der Waals surface area contributed by atoms with Gasteiger partial charge in [-0.15, -0.1) is 0 Å². The second-order valence-corrected chi connectivity index (χ2v) is 6.69. The summed E-state index contributed by atoms with van der Waals surface area (Å²) in [5, 5.41) is 0. The third kappa shape index (κ3) is 3.81. The Morgan fingerprint density at radius 3 is 2.77 bits per heavy atom. The first-order valence-electron chi connectivity index (χ1n) is 6.69. The molecule has 1 aliphatic rings. The highest BCUT2D eigenvalue weighted by Gasteiger charge is 2.37. The van der Waals surface area contributed by atoms with Gasteiger partial charge >= 0.3 is 5.69 Å². The van der Waals surface area contributed by atoms with E-state index in [1.807, 2.05) is 0 Å². The standard InChI is InChI=1S/C12H17FN2O6S/c1-3-7-5-15(12(17)14-11(7)16)10-4-8(13)9(21-10)6-20-22(2,18)19/h5,8-10H,3-4,6H2,1-2H3,(H,14,16,17)/t8-,9+,10+/m0/s1. The van der Waals surface area contributed by atoms with Gasteiger partial charge in [0.15, 0.2) is 0 Å². The third-order valence-corrected chi connectivity index (χ3v) is 3.91. The van der Waals surface area contributed by atoms with Crippen LogP contribution in [0.15, 0.2) is 15.8 Å². The van der Waals surface area contributed by atoms with Crippen molar-refractivity contribution in [2.24, 2.45) is 0 Å². The summed E-state index contributed by atoms with van der Waals surface area (Å²) in [5.41, 5.74) is -0.825. The van der Waals surface area contributed by atoms with Gasteiger partial charge < -0.3 is 4.74 Å². The summed E-state index contributed by atoms with van der Waals surface area (Å²) in [6.07, 6.45) is -1.03. The van der Waals surface area contributed by atoms with Crippen LogP contribution in [-0.4, -0.2) is 43.1 Å². The lowest BCUT2D eigenvalue weighted by Gasteiger charge is -2.15. The van der Waals surface area contributed by atoms with Crippen molar-refractivity contribution in [3.8, 4) is 0 Å². The number of rotatable bonds is 5. The quantitative estimate of drug-likeness (QED) is 0.740. The van der Waals surface area contributed by atoms with Gasteiger partial charge in [-0.25, -0.2) is 9.18 Å². The maximum Gasteiger partial charge on any atom is 0.330 e. The molecule has 1 saturated heterocycles. The van der Waals surface area contributed by atoms with E-state index in [1.54, 1.807) is 6.92 Å². The van der Waals surface area contributed by atoms with Gasteiger partial charge in [-0.3, -0.25) is 18.5 Å². The molecule has 1 aromatic heterocycles. The number of hydrogen-bond acceptors (Lipinski definition) is 6. The summed E-state index contributed by atoms with van der Waals surface area (Å²) in [4.78, 5) is 25.5. The molecule has 1 N–H and O–H groups in total. The normalized spacial score (nSPS) is 25.5. The fraction of sp³-hybridized carbons (Fsp3) is 0.667. The van der Waals surface area contributed by atoms with Crippen molar-refractivity contribution in [3.63, 3.8) is 0 Å². The van der Waals surface area contributed by atoms with E-state index in [4.69, 9.17) is 4.74 Å². The maximum absolute atomic E-state index is 13.9. The lowest BCUT2D eigenvalue weighted by Crippen LogP contribution is -2.34. The minimum absolute atomic E-state index is 0.132. The molecule has 0 bridgehead atoms. The van der Waals surface area contributed by atoms with E-state index in [9.17, 15) is 22.4 Å². The largest absolute Gasteiger partial charge is 0.349 e. The summed E-state index contributed by atoms with van der Waals surface area (Å²) in [6, 6.07) is 0. The monoisotopic (exact) mass is 336 g/mol. The van der Waals surface area contributed by atoms with E-state index in [0.29, 0.717) is 12.0 Å². The molecule has 1 aliphatic heterocycles. The van der Waals surface area contributed by atoms with Gasteiger partial charge in [0.1, 0.15) is 18.5 Å². The average molecular weight is 336 g/mol. The number of aryl methyl sites for hydroxylation is 1. The number of hydrogen-bond donors (Lipinski definition) is 1. The third-order valence-electron chi connectivity index (χ3n) is 3.34. The molecule has 3 atom stereocenters. The second-order valence-electron chi connectivity index (χ2n) is 5.04. The minimum Gasteiger partial charge on any atom is -0.349 e. The number of halogens is 1. The van der Waals surface area contributed by atoms with Crippen LogP contribution in [0.3, 0.4) is 0 Å². The fourth-order valence-electron chi connectivity index (χ4n) is 2.19. The molecular formula is C12H17FN2O6S. The zero-order valence-corrected chi connectivity index (χ0v) is 12.9. The van der Waals surface area contributed by atoms with Crippen LogP contribution in [0.25, 0.3) is 0 Å². The van der Waals surface area contributed by atoms with Crippen LogP contribution in [0.4, 0.5) is 4.39 Å². The van der Waals surface area contributed by atoms with E-state index < -0.39 is 46.5 Å². The number of aromatic nitrogens is 2. The van der Waals surface area contributed by atoms with Crippen LogP contribution in [0.2, 0.25) is 0 Å². The molecule has 1 aromatic rings. The molecule has 2 rings (SSSR count).